The predicted octanol–water partition coefficient (Wildman–Crippen LogP) is 0.575. The van der Waals surface area contributed by atoms with Crippen LogP contribution in [0.4, 0.5) is 0 Å². The Balaban J connectivity index is 2.76. The summed E-state index contributed by atoms with van der Waals surface area (Å²) in [6.45, 7) is 2.55. The molecule has 8 nitrogen and oxygen atoms in total. The molecule has 0 saturated carbocycles. The zero-order valence-electron chi connectivity index (χ0n) is 11.2. The molecule has 8 heteroatoms. The lowest BCUT2D eigenvalue weighted by atomic mass is 9.97. The van der Waals surface area contributed by atoms with E-state index in [-0.39, 0.29) is 6.61 Å². The minimum absolute atomic E-state index is 0.120. The van der Waals surface area contributed by atoms with Crippen molar-refractivity contribution in [3.05, 3.63) is 10.4 Å². The van der Waals surface area contributed by atoms with E-state index in [4.69, 9.17) is 19.7 Å². The van der Waals surface area contributed by atoms with Crippen LogP contribution in [0.15, 0.2) is 5.11 Å². The summed E-state index contributed by atoms with van der Waals surface area (Å²) in [5, 5.41) is 23.4. The van der Waals surface area contributed by atoms with E-state index in [2.05, 4.69) is 10.0 Å². The van der Waals surface area contributed by atoms with Gasteiger partial charge in [-0.25, -0.2) is 0 Å². The molecule has 0 amide bonds. The molecule has 5 atom stereocenters. The maximum Gasteiger partial charge on any atom is 0.166 e. The topological polar surface area (TPSA) is 117 Å². The summed E-state index contributed by atoms with van der Waals surface area (Å²) < 4.78 is 15.6. The monoisotopic (exact) mass is 275 g/mol. The van der Waals surface area contributed by atoms with Crippen LogP contribution in [0, 0.1) is 0 Å². The number of rotatable bonds is 7. The Morgan fingerprint density at radius 2 is 2.16 bits per heavy atom. The van der Waals surface area contributed by atoms with E-state index < -0.39 is 30.6 Å². The number of azide groups is 1. The van der Waals surface area contributed by atoms with Gasteiger partial charge in [0.1, 0.15) is 18.2 Å². The van der Waals surface area contributed by atoms with Crippen molar-refractivity contribution in [2.24, 2.45) is 5.11 Å². The first-order valence-corrected chi connectivity index (χ1v) is 6.32. The molecule has 2 N–H and O–H groups in total. The van der Waals surface area contributed by atoms with Crippen molar-refractivity contribution in [2.75, 3.05) is 20.3 Å². The molecule has 0 spiro atoms. The van der Waals surface area contributed by atoms with Crippen molar-refractivity contribution in [3.8, 4) is 0 Å². The number of aliphatic hydroxyl groups is 2. The standard InChI is InChI=1S/C11H21N3O5/c1-3-4-5-18-10-8(13-14-12)11(16)19-7(6-17-2)9(10)15/h7-11,15-16H,3-6H2,1-2H3/t7?,8?,9?,10-,11+/m1/s1. The van der Waals surface area contributed by atoms with Crippen molar-refractivity contribution < 1.29 is 24.4 Å². The molecule has 19 heavy (non-hydrogen) atoms. The van der Waals surface area contributed by atoms with Crippen molar-refractivity contribution in [2.45, 2.75) is 50.4 Å². The second-order valence-electron chi connectivity index (χ2n) is 4.40. The normalized spacial score (nSPS) is 34.8. The van der Waals surface area contributed by atoms with E-state index >= 15 is 0 Å². The summed E-state index contributed by atoms with van der Waals surface area (Å²) >= 11 is 0. The Morgan fingerprint density at radius 1 is 1.42 bits per heavy atom. The molecule has 110 valence electrons. The van der Waals surface area contributed by atoms with Gasteiger partial charge in [0, 0.05) is 18.6 Å². The number of aliphatic hydroxyl groups excluding tert-OH is 2. The van der Waals surface area contributed by atoms with Gasteiger partial charge in [0.15, 0.2) is 6.29 Å². The zero-order valence-corrected chi connectivity index (χ0v) is 11.2. The molecule has 0 aliphatic carbocycles. The fraction of sp³-hybridized carbons (Fsp3) is 1.00. The van der Waals surface area contributed by atoms with Gasteiger partial charge in [0.05, 0.1) is 12.7 Å². The quantitative estimate of drug-likeness (QED) is 0.305. The van der Waals surface area contributed by atoms with Crippen LogP contribution in [0.25, 0.3) is 10.4 Å². The van der Waals surface area contributed by atoms with Crippen molar-refractivity contribution in [3.63, 3.8) is 0 Å². The lowest BCUT2D eigenvalue weighted by Gasteiger charge is -2.40. The summed E-state index contributed by atoms with van der Waals surface area (Å²) in [7, 11) is 1.47. The minimum atomic E-state index is -1.31. The summed E-state index contributed by atoms with van der Waals surface area (Å²) in [5.41, 5.74) is 8.51. The van der Waals surface area contributed by atoms with E-state index in [0.29, 0.717) is 6.61 Å². The lowest BCUT2D eigenvalue weighted by molar-refractivity contribution is -0.258. The average molecular weight is 275 g/mol. The van der Waals surface area contributed by atoms with Crippen molar-refractivity contribution in [1.29, 1.82) is 0 Å². The first-order chi connectivity index (χ1) is 9.15. The molecule has 3 unspecified atom stereocenters. The average Bonchev–Trinajstić information content (AvgIpc) is 2.39. The van der Waals surface area contributed by atoms with Crippen LogP contribution in [0.2, 0.25) is 0 Å². The highest BCUT2D eigenvalue weighted by molar-refractivity contribution is 4.94. The third kappa shape index (κ3) is 4.31. The third-order valence-corrected chi connectivity index (χ3v) is 2.98. The largest absolute Gasteiger partial charge is 0.388 e. The van der Waals surface area contributed by atoms with Crippen LogP contribution >= 0.6 is 0 Å². The van der Waals surface area contributed by atoms with Gasteiger partial charge in [-0.2, -0.15) is 0 Å². The molecule has 0 aromatic rings. The zero-order chi connectivity index (χ0) is 14.3. The first-order valence-electron chi connectivity index (χ1n) is 6.32. The Kier molecular flexibility index (Phi) is 7.07. The predicted molar refractivity (Wildman–Crippen MR) is 66.3 cm³/mol. The Hall–Kier alpha value is -0.890. The molecule has 0 aromatic heterocycles. The van der Waals surface area contributed by atoms with Crippen LogP contribution in [0.5, 0.6) is 0 Å². The molecule has 1 aliphatic heterocycles. The molecule has 1 fully saturated rings. The first kappa shape index (κ1) is 16.2. The molecule has 1 aliphatic rings. The number of unbranched alkanes of at least 4 members (excludes halogenated alkanes) is 1. The van der Waals surface area contributed by atoms with E-state index in [1.807, 2.05) is 6.92 Å². The van der Waals surface area contributed by atoms with Crippen LogP contribution < -0.4 is 0 Å². The highest BCUT2D eigenvalue weighted by Gasteiger charge is 2.45. The summed E-state index contributed by atoms with van der Waals surface area (Å²) in [6.07, 6.45) is -2.09. The Bertz CT molecular complexity index is 311. The van der Waals surface area contributed by atoms with Gasteiger partial charge in [0.25, 0.3) is 0 Å². The molecular formula is C11H21N3O5. The van der Waals surface area contributed by atoms with E-state index in [0.717, 1.165) is 12.8 Å². The number of hydrogen-bond acceptors (Lipinski definition) is 6. The molecule has 1 rings (SSSR count). The number of nitrogens with zero attached hydrogens (tertiary/aromatic N) is 3. The Morgan fingerprint density at radius 3 is 2.74 bits per heavy atom. The summed E-state index contributed by atoms with van der Waals surface area (Å²) in [5.74, 6) is 0. The highest BCUT2D eigenvalue weighted by Crippen LogP contribution is 2.25. The third-order valence-electron chi connectivity index (χ3n) is 2.98. The second-order valence-corrected chi connectivity index (χ2v) is 4.40. The lowest BCUT2D eigenvalue weighted by Crippen LogP contribution is -2.58. The smallest absolute Gasteiger partial charge is 0.166 e. The van der Waals surface area contributed by atoms with E-state index in [1.54, 1.807) is 0 Å². The Labute approximate surface area is 111 Å². The number of methoxy groups -OCH3 is 1. The second kappa shape index (κ2) is 8.31. The molecular weight excluding hydrogens is 254 g/mol. The maximum absolute atomic E-state index is 10.1. The SMILES string of the molecule is CCCCO[C@H]1C(O)C(COC)O[C@H](O)C1N=[N+]=[N-]. The van der Waals surface area contributed by atoms with Gasteiger partial charge in [-0.05, 0) is 12.0 Å². The molecule has 0 aromatic carbocycles. The molecule has 0 radical (unpaired) electrons. The van der Waals surface area contributed by atoms with Gasteiger partial charge >= 0.3 is 0 Å². The van der Waals surface area contributed by atoms with Crippen LogP contribution in [-0.4, -0.2) is 61.2 Å². The van der Waals surface area contributed by atoms with Gasteiger partial charge < -0.3 is 24.4 Å². The van der Waals surface area contributed by atoms with Crippen molar-refractivity contribution in [1.82, 2.24) is 0 Å². The van der Waals surface area contributed by atoms with Gasteiger partial charge in [-0.3, -0.25) is 0 Å². The summed E-state index contributed by atoms with van der Waals surface area (Å²) in [6, 6.07) is -0.968. The van der Waals surface area contributed by atoms with E-state index in [9.17, 15) is 10.2 Å². The maximum atomic E-state index is 10.1. The number of ether oxygens (including phenoxy) is 3. The fourth-order valence-electron chi connectivity index (χ4n) is 1.96. The van der Waals surface area contributed by atoms with Gasteiger partial charge in [0.2, 0.25) is 0 Å². The van der Waals surface area contributed by atoms with Crippen LogP contribution in [0.1, 0.15) is 19.8 Å². The van der Waals surface area contributed by atoms with Gasteiger partial charge in [-0.15, -0.1) is 0 Å². The fourth-order valence-corrected chi connectivity index (χ4v) is 1.96. The summed E-state index contributed by atoms with van der Waals surface area (Å²) in [4.78, 5) is 2.66. The molecule has 1 saturated heterocycles. The molecule has 1 heterocycles. The van der Waals surface area contributed by atoms with Gasteiger partial charge in [-0.1, -0.05) is 18.5 Å². The highest BCUT2D eigenvalue weighted by atomic mass is 16.6. The minimum Gasteiger partial charge on any atom is -0.388 e. The van der Waals surface area contributed by atoms with Crippen molar-refractivity contribution >= 4 is 0 Å². The van der Waals surface area contributed by atoms with Crippen LogP contribution in [-0.2, 0) is 14.2 Å². The molecule has 0 bridgehead atoms. The van der Waals surface area contributed by atoms with E-state index in [1.165, 1.54) is 7.11 Å². The van der Waals surface area contributed by atoms with Crippen LogP contribution in [0.3, 0.4) is 0 Å². The number of hydrogen-bond donors (Lipinski definition) is 2.